The average molecular weight is 400 g/mol. The van der Waals surface area contributed by atoms with E-state index in [1.807, 2.05) is 6.92 Å². The van der Waals surface area contributed by atoms with E-state index in [0.29, 0.717) is 16.5 Å². The van der Waals surface area contributed by atoms with Crippen molar-refractivity contribution in [2.75, 3.05) is 0 Å². The zero-order valence-corrected chi connectivity index (χ0v) is 16.1. The number of alkyl halides is 3. The Bertz CT molecular complexity index is 1110. The minimum absolute atomic E-state index is 0.0838. The van der Waals surface area contributed by atoms with Crippen LogP contribution in [-0.4, -0.2) is 26.0 Å². The van der Waals surface area contributed by atoms with E-state index in [2.05, 4.69) is 21.3 Å². The highest BCUT2D eigenvalue weighted by Crippen LogP contribution is 2.32. The van der Waals surface area contributed by atoms with Gasteiger partial charge < -0.3 is 5.32 Å². The standard InChI is InChI=1S/C21H19F3N4O/c1-5-20(4,6-2)26-19(29)16-12-18-25-15(14-9-7-13(3)8-10-14)11-17(21(22,23)24)28(18)27-16/h1,7-12H,6H2,2-4H3,(H,26,29). The number of fused-ring (bicyclic) bond motifs is 1. The largest absolute Gasteiger partial charge is 0.433 e. The summed E-state index contributed by atoms with van der Waals surface area (Å²) in [6.45, 7) is 5.32. The van der Waals surface area contributed by atoms with E-state index in [9.17, 15) is 18.0 Å². The molecule has 2 heterocycles. The molecule has 8 heteroatoms. The number of terminal acetylenes is 1. The van der Waals surface area contributed by atoms with Crippen molar-refractivity contribution < 1.29 is 18.0 Å². The maximum atomic E-state index is 13.7. The number of rotatable bonds is 4. The van der Waals surface area contributed by atoms with Crippen LogP contribution in [-0.2, 0) is 6.18 Å². The van der Waals surface area contributed by atoms with Crippen LogP contribution in [0.15, 0.2) is 36.4 Å². The number of benzene rings is 1. The molecule has 1 amide bonds. The van der Waals surface area contributed by atoms with Gasteiger partial charge in [0.2, 0.25) is 0 Å². The van der Waals surface area contributed by atoms with Crippen molar-refractivity contribution in [2.45, 2.75) is 38.9 Å². The highest BCUT2D eigenvalue weighted by molar-refractivity contribution is 5.94. The van der Waals surface area contributed by atoms with Crippen molar-refractivity contribution >= 4 is 11.6 Å². The van der Waals surface area contributed by atoms with Crippen LogP contribution in [0.3, 0.4) is 0 Å². The van der Waals surface area contributed by atoms with Gasteiger partial charge in [-0.3, -0.25) is 4.79 Å². The third-order valence-corrected chi connectivity index (χ3v) is 4.71. The van der Waals surface area contributed by atoms with E-state index in [0.717, 1.165) is 11.6 Å². The van der Waals surface area contributed by atoms with Crippen molar-refractivity contribution in [1.82, 2.24) is 19.9 Å². The van der Waals surface area contributed by atoms with Crippen molar-refractivity contribution in [3.8, 4) is 23.6 Å². The van der Waals surface area contributed by atoms with Gasteiger partial charge in [0.25, 0.3) is 5.91 Å². The maximum absolute atomic E-state index is 13.7. The van der Waals surface area contributed by atoms with E-state index in [1.54, 1.807) is 38.1 Å². The number of carbonyl (C=O) groups excluding carboxylic acids is 1. The molecule has 3 rings (SSSR count). The van der Waals surface area contributed by atoms with Crippen molar-refractivity contribution in [3.05, 3.63) is 53.3 Å². The molecule has 0 saturated heterocycles. The van der Waals surface area contributed by atoms with E-state index in [1.165, 1.54) is 6.07 Å². The van der Waals surface area contributed by atoms with Gasteiger partial charge in [-0.25, -0.2) is 9.50 Å². The molecule has 0 fully saturated rings. The summed E-state index contributed by atoms with van der Waals surface area (Å²) in [7, 11) is 0. The van der Waals surface area contributed by atoms with Gasteiger partial charge in [0.1, 0.15) is 0 Å². The highest BCUT2D eigenvalue weighted by Gasteiger charge is 2.36. The Kier molecular flexibility index (Phi) is 5.09. The van der Waals surface area contributed by atoms with Crippen LogP contribution >= 0.6 is 0 Å². The molecule has 29 heavy (non-hydrogen) atoms. The molecule has 0 aliphatic rings. The van der Waals surface area contributed by atoms with Crippen molar-refractivity contribution in [2.24, 2.45) is 0 Å². The van der Waals surface area contributed by atoms with E-state index in [4.69, 9.17) is 6.42 Å². The Labute approximate surface area is 166 Å². The van der Waals surface area contributed by atoms with Gasteiger partial charge in [-0.15, -0.1) is 6.42 Å². The Morgan fingerprint density at radius 2 is 1.90 bits per heavy atom. The molecule has 2 aromatic heterocycles. The molecule has 3 aromatic rings. The van der Waals surface area contributed by atoms with Gasteiger partial charge >= 0.3 is 6.18 Å². The SMILES string of the molecule is C#CC(C)(CC)NC(=O)c1cc2nc(-c3ccc(C)cc3)cc(C(F)(F)F)n2n1. The van der Waals surface area contributed by atoms with Crippen molar-refractivity contribution in [1.29, 1.82) is 0 Å². The van der Waals surface area contributed by atoms with E-state index in [-0.39, 0.29) is 17.0 Å². The molecular formula is C21H19F3N4O. The van der Waals surface area contributed by atoms with Gasteiger partial charge in [0.05, 0.1) is 11.2 Å². The van der Waals surface area contributed by atoms with Crippen LogP contribution in [0, 0.1) is 19.3 Å². The molecule has 0 spiro atoms. The monoisotopic (exact) mass is 400 g/mol. The smallest absolute Gasteiger partial charge is 0.335 e. The van der Waals surface area contributed by atoms with Crippen LogP contribution < -0.4 is 5.32 Å². The topological polar surface area (TPSA) is 59.3 Å². The van der Waals surface area contributed by atoms with Gasteiger partial charge in [-0.2, -0.15) is 18.3 Å². The summed E-state index contributed by atoms with van der Waals surface area (Å²) < 4.78 is 41.6. The van der Waals surface area contributed by atoms with Gasteiger partial charge in [0, 0.05) is 11.6 Å². The highest BCUT2D eigenvalue weighted by atomic mass is 19.4. The Balaban J connectivity index is 2.12. The lowest BCUT2D eigenvalue weighted by molar-refractivity contribution is -0.142. The molecule has 1 aromatic carbocycles. The van der Waals surface area contributed by atoms with Crippen LogP contribution in [0.2, 0.25) is 0 Å². The van der Waals surface area contributed by atoms with E-state index >= 15 is 0 Å². The van der Waals surface area contributed by atoms with Crippen LogP contribution in [0.5, 0.6) is 0 Å². The summed E-state index contributed by atoms with van der Waals surface area (Å²) in [4.78, 5) is 16.8. The molecular weight excluding hydrogens is 381 g/mol. The van der Waals surface area contributed by atoms with Crippen molar-refractivity contribution in [3.63, 3.8) is 0 Å². The maximum Gasteiger partial charge on any atom is 0.433 e. The lowest BCUT2D eigenvalue weighted by Crippen LogP contribution is -2.44. The summed E-state index contributed by atoms with van der Waals surface area (Å²) in [6, 6.07) is 9.10. The summed E-state index contributed by atoms with van der Waals surface area (Å²) in [6.07, 6.45) is 1.21. The number of nitrogens with one attached hydrogen (secondary N) is 1. The average Bonchev–Trinajstić information content (AvgIpc) is 3.11. The second-order valence-corrected chi connectivity index (χ2v) is 6.97. The molecule has 0 radical (unpaired) electrons. The fourth-order valence-electron chi connectivity index (χ4n) is 2.70. The molecule has 1 atom stereocenters. The molecule has 1 N–H and O–H groups in total. The Hall–Kier alpha value is -3.34. The summed E-state index contributed by atoms with van der Waals surface area (Å²) >= 11 is 0. The summed E-state index contributed by atoms with van der Waals surface area (Å²) in [5.74, 6) is 1.81. The van der Waals surface area contributed by atoms with Gasteiger partial charge in [-0.05, 0) is 26.3 Å². The Morgan fingerprint density at radius 1 is 1.24 bits per heavy atom. The first kappa shape index (κ1) is 20.4. The van der Waals surface area contributed by atoms with Gasteiger partial charge in [0.15, 0.2) is 17.0 Å². The lowest BCUT2D eigenvalue weighted by Gasteiger charge is -2.22. The lowest BCUT2D eigenvalue weighted by atomic mass is 10.0. The predicted molar refractivity (Wildman–Crippen MR) is 103 cm³/mol. The number of hydrogen-bond donors (Lipinski definition) is 1. The fourth-order valence-corrected chi connectivity index (χ4v) is 2.70. The van der Waals surface area contributed by atoms with Crippen LogP contribution in [0.4, 0.5) is 13.2 Å². The number of halogens is 3. The quantitative estimate of drug-likeness (QED) is 0.666. The first-order chi connectivity index (χ1) is 13.6. The molecule has 0 aliphatic carbocycles. The second-order valence-electron chi connectivity index (χ2n) is 6.97. The minimum atomic E-state index is -4.68. The number of carbonyl (C=O) groups is 1. The fraction of sp³-hybridized carbons (Fsp3) is 0.286. The third-order valence-electron chi connectivity index (χ3n) is 4.71. The number of amides is 1. The first-order valence-corrected chi connectivity index (χ1v) is 8.91. The second kappa shape index (κ2) is 7.24. The molecule has 0 bridgehead atoms. The Morgan fingerprint density at radius 3 is 2.45 bits per heavy atom. The van der Waals surface area contributed by atoms with Crippen LogP contribution in [0.25, 0.3) is 16.9 Å². The van der Waals surface area contributed by atoms with Crippen LogP contribution in [0.1, 0.15) is 42.0 Å². The molecule has 0 aliphatic heterocycles. The molecule has 0 saturated carbocycles. The minimum Gasteiger partial charge on any atom is -0.335 e. The first-order valence-electron chi connectivity index (χ1n) is 8.91. The predicted octanol–water partition coefficient (Wildman–Crippen LogP) is 4.26. The third kappa shape index (κ3) is 4.09. The number of aromatic nitrogens is 3. The molecule has 5 nitrogen and oxygen atoms in total. The zero-order valence-electron chi connectivity index (χ0n) is 16.1. The zero-order chi connectivity index (χ0) is 21.4. The van der Waals surface area contributed by atoms with E-state index < -0.39 is 23.3 Å². The summed E-state index contributed by atoms with van der Waals surface area (Å²) in [5.41, 5.74) is -0.590. The van der Waals surface area contributed by atoms with Gasteiger partial charge in [-0.1, -0.05) is 42.7 Å². The summed E-state index contributed by atoms with van der Waals surface area (Å²) in [5, 5.41) is 6.46. The number of aryl methyl sites for hydroxylation is 1. The molecule has 1 unspecified atom stereocenters. The normalized spacial score (nSPS) is 13.7. The number of nitrogens with zero attached hydrogens (tertiary/aromatic N) is 3. The molecule has 150 valence electrons. The number of hydrogen-bond acceptors (Lipinski definition) is 3.